The fourth-order valence-electron chi connectivity index (χ4n) is 2.02. The minimum Gasteiger partial charge on any atom is -0.302 e. The van der Waals surface area contributed by atoms with Gasteiger partial charge >= 0.3 is 0 Å². The zero-order valence-corrected chi connectivity index (χ0v) is 15.5. The molecule has 0 fully saturated rings. The van der Waals surface area contributed by atoms with Crippen molar-refractivity contribution >= 4 is 11.6 Å². The fraction of sp³-hybridized carbons (Fsp3) is 0.889. The smallest absolute Gasteiger partial charge is 0.155 e. The van der Waals surface area contributed by atoms with Gasteiger partial charge in [0.05, 0.1) is 6.04 Å². The van der Waals surface area contributed by atoms with Crippen LogP contribution in [0.5, 0.6) is 0 Å². The molecule has 3 heteroatoms. The highest BCUT2D eigenvalue weighted by Crippen LogP contribution is 2.24. The van der Waals surface area contributed by atoms with Crippen molar-refractivity contribution in [3.63, 3.8) is 0 Å². The van der Waals surface area contributed by atoms with Crippen LogP contribution in [0.4, 0.5) is 0 Å². The first-order chi connectivity index (χ1) is 9.20. The van der Waals surface area contributed by atoms with Gasteiger partial charge in [-0.15, -0.1) is 0 Å². The molecule has 0 aliphatic carbocycles. The Morgan fingerprint density at radius 2 is 1.38 bits per heavy atom. The lowest BCUT2D eigenvalue weighted by molar-refractivity contribution is -0.130. The Morgan fingerprint density at radius 3 is 1.71 bits per heavy atom. The number of carbonyl (C=O) groups excluding carboxylic acids is 2. The van der Waals surface area contributed by atoms with Crippen molar-refractivity contribution in [2.24, 2.45) is 10.8 Å². The minimum atomic E-state index is -0.397. The van der Waals surface area contributed by atoms with Crippen molar-refractivity contribution in [3.8, 4) is 0 Å². The third-order valence-corrected chi connectivity index (χ3v) is 4.00. The Morgan fingerprint density at radius 1 is 0.905 bits per heavy atom. The molecule has 1 N–H and O–H groups in total. The van der Waals surface area contributed by atoms with Crippen molar-refractivity contribution in [1.82, 2.24) is 5.32 Å². The van der Waals surface area contributed by atoms with Crippen LogP contribution in [0, 0.1) is 10.8 Å². The van der Waals surface area contributed by atoms with E-state index in [9.17, 15) is 9.59 Å². The number of rotatable bonds is 7. The molecule has 0 bridgehead atoms. The van der Waals surface area contributed by atoms with Gasteiger partial charge in [0.1, 0.15) is 5.78 Å². The molecule has 0 amide bonds. The summed E-state index contributed by atoms with van der Waals surface area (Å²) in [7, 11) is 0. The Labute approximate surface area is 131 Å². The van der Waals surface area contributed by atoms with Gasteiger partial charge in [-0.25, -0.2) is 0 Å². The first kappa shape index (κ1) is 20.3. The Balaban J connectivity index is 5.00. The summed E-state index contributed by atoms with van der Waals surface area (Å²) >= 11 is 0. The van der Waals surface area contributed by atoms with Crippen molar-refractivity contribution in [2.75, 3.05) is 0 Å². The van der Waals surface area contributed by atoms with Crippen LogP contribution in [-0.4, -0.2) is 23.1 Å². The predicted octanol–water partition coefficient (Wildman–Crippen LogP) is 4.14. The standard InChI is InChI=1S/C18H35NO2/c1-10-18(8,9)19-13(15(21)17(5,6)7)11-12-14(20)16(2,3)4/h13,19H,10-12H2,1-9H3. The number of hydrogen-bond acceptors (Lipinski definition) is 3. The number of carbonyl (C=O) groups is 2. The van der Waals surface area contributed by atoms with E-state index < -0.39 is 5.41 Å². The van der Waals surface area contributed by atoms with E-state index in [-0.39, 0.29) is 28.6 Å². The summed E-state index contributed by atoms with van der Waals surface area (Å²) in [5.74, 6) is 0.399. The second kappa shape index (κ2) is 7.04. The third-order valence-electron chi connectivity index (χ3n) is 4.00. The SMILES string of the molecule is CCC(C)(C)NC(CCC(=O)C(C)(C)C)C(=O)C(C)(C)C. The molecular weight excluding hydrogens is 262 g/mol. The molecule has 3 nitrogen and oxygen atoms in total. The molecule has 0 aliphatic heterocycles. The maximum Gasteiger partial charge on any atom is 0.155 e. The molecular formula is C18H35NO2. The van der Waals surface area contributed by atoms with Crippen LogP contribution in [-0.2, 0) is 9.59 Å². The van der Waals surface area contributed by atoms with Crippen LogP contribution < -0.4 is 5.32 Å². The summed E-state index contributed by atoms with van der Waals surface area (Å²) < 4.78 is 0. The van der Waals surface area contributed by atoms with E-state index >= 15 is 0 Å². The maximum absolute atomic E-state index is 12.6. The Kier molecular flexibility index (Phi) is 6.81. The molecule has 124 valence electrons. The summed E-state index contributed by atoms with van der Waals surface area (Å²) in [6, 6.07) is -0.258. The molecule has 0 spiro atoms. The number of Topliss-reactive ketones (excluding diaryl/α,β-unsaturated/α-hetero) is 2. The van der Waals surface area contributed by atoms with Gasteiger partial charge in [-0.05, 0) is 26.7 Å². The van der Waals surface area contributed by atoms with Gasteiger partial charge in [0.25, 0.3) is 0 Å². The molecule has 0 saturated heterocycles. The molecule has 1 unspecified atom stereocenters. The molecule has 0 aromatic rings. The van der Waals surface area contributed by atoms with E-state index in [1.165, 1.54) is 0 Å². The lowest BCUT2D eigenvalue weighted by atomic mass is 9.81. The van der Waals surface area contributed by atoms with Crippen LogP contribution in [0.15, 0.2) is 0 Å². The molecule has 1 atom stereocenters. The molecule has 21 heavy (non-hydrogen) atoms. The van der Waals surface area contributed by atoms with Gasteiger partial charge in [0.15, 0.2) is 5.78 Å². The van der Waals surface area contributed by atoms with Crippen LogP contribution in [0.25, 0.3) is 0 Å². The predicted molar refractivity (Wildman–Crippen MR) is 89.5 cm³/mol. The molecule has 0 aromatic heterocycles. The normalized spacial score (nSPS) is 14.9. The van der Waals surface area contributed by atoms with Gasteiger partial charge in [-0.1, -0.05) is 48.5 Å². The average Bonchev–Trinajstić information content (AvgIpc) is 2.30. The highest BCUT2D eigenvalue weighted by atomic mass is 16.1. The largest absolute Gasteiger partial charge is 0.302 e. The van der Waals surface area contributed by atoms with Gasteiger partial charge < -0.3 is 5.32 Å². The van der Waals surface area contributed by atoms with Crippen LogP contribution in [0.2, 0.25) is 0 Å². The van der Waals surface area contributed by atoms with Crippen LogP contribution in [0.3, 0.4) is 0 Å². The molecule has 0 radical (unpaired) electrons. The highest BCUT2D eigenvalue weighted by Gasteiger charge is 2.33. The van der Waals surface area contributed by atoms with E-state index in [1.54, 1.807) is 0 Å². The topological polar surface area (TPSA) is 46.2 Å². The molecule has 0 heterocycles. The van der Waals surface area contributed by atoms with E-state index in [2.05, 4.69) is 26.1 Å². The van der Waals surface area contributed by atoms with Gasteiger partial charge in [-0.2, -0.15) is 0 Å². The summed E-state index contributed by atoms with van der Waals surface area (Å²) in [4.78, 5) is 24.8. The lowest BCUT2D eigenvalue weighted by Gasteiger charge is -2.34. The summed E-state index contributed by atoms with van der Waals surface area (Å²) in [5.41, 5.74) is -0.835. The lowest BCUT2D eigenvalue weighted by Crippen LogP contribution is -2.52. The summed E-state index contributed by atoms with van der Waals surface area (Å²) in [6.07, 6.45) is 1.96. The van der Waals surface area contributed by atoms with E-state index in [1.807, 2.05) is 41.5 Å². The Bertz CT molecular complexity index is 370. The summed E-state index contributed by atoms with van der Waals surface area (Å²) in [6.45, 7) is 17.9. The van der Waals surface area contributed by atoms with Crippen LogP contribution >= 0.6 is 0 Å². The zero-order valence-electron chi connectivity index (χ0n) is 15.5. The molecule has 0 rings (SSSR count). The molecule has 0 aliphatic rings. The second-order valence-corrected chi connectivity index (χ2v) is 8.76. The van der Waals surface area contributed by atoms with Gasteiger partial charge in [0.2, 0.25) is 0 Å². The number of hydrogen-bond donors (Lipinski definition) is 1. The van der Waals surface area contributed by atoms with Crippen molar-refractivity contribution in [3.05, 3.63) is 0 Å². The van der Waals surface area contributed by atoms with Gasteiger partial charge in [-0.3, -0.25) is 9.59 Å². The number of ketones is 2. The molecule has 0 aromatic carbocycles. The van der Waals surface area contributed by atoms with E-state index in [4.69, 9.17) is 0 Å². The zero-order chi connectivity index (χ0) is 17.1. The highest BCUT2D eigenvalue weighted by molar-refractivity contribution is 5.90. The monoisotopic (exact) mass is 297 g/mol. The second-order valence-electron chi connectivity index (χ2n) is 8.76. The fourth-order valence-corrected chi connectivity index (χ4v) is 2.02. The maximum atomic E-state index is 12.6. The molecule has 0 saturated carbocycles. The first-order valence-electron chi connectivity index (χ1n) is 8.06. The van der Waals surface area contributed by atoms with Crippen molar-refractivity contribution < 1.29 is 9.59 Å². The quantitative estimate of drug-likeness (QED) is 0.768. The van der Waals surface area contributed by atoms with Crippen molar-refractivity contribution in [2.45, 2.75) is 93.2 Å². The van der Waals surface area contributed by atoms with Gasteiger partial charge in [0, 0.05) is 22.8 Å². The summed E-state index contributed by atoms with van der Waals surface area (Å²) in [5, 5.41) is 3.45. The number of nitrogens with one attached hydrogen (secondary N) is 1. The minimum absolute atomic E-state index is 0.101. The average molecular weight is 297 g/mol. The van der Waals surface area contributed by atoms with Crippen LogP contribution in [0.1, 0.15) is 81.6 Å². The Hall–Kier alpha value is -0.700. The van der Waals surface area contributed by atoms with E-state index in [0.29, 0.717) is 12.8 Å². The van der Waals surface area contributed by atoms with E-state index in [0.717, 1.165) is 6.42 Å². The van der Waals surface area contributed by atoms with Crippen molar-refractivity contribution in [1.29, 1.82) is 0 Å². The third kappa shape index (κ3) is 7.21. The first-order valence-corrected chi connectivity index (χ1v) is 8.06.